The first-order valence-electron chi connectivity index (χ1n) is 22.2. The Morgan fingerprint density at radius 3 is 1.54 bits per heavy atom. The Labute approximate surface area is 332 Å². The van der Waals surface area contributed by atoms with E-state index in [1.54, 1.807) is 6.08 Å². The lowest BCUT2D eigenvalue weighted by molar-refractivity contribution is -0.124. The molecule has 4 unspecified atom stereocenters. The lowest BCUT2D eigenvalue weighted by atomic mass is 10.0. The summed E-state index contributed by atoms with van der Waals surface area (Å²) < 4.78 is 22.1. The Kier molecular flexibility index (Phi) is 38.9. The van der Waals surface area contributed by atoms with Gasteiger partial charge in [-0.15, -0.1) is 0 Å². The molecule has 10 heteroatoms. The maximum Gasteiger partial charge on any atom is 0.472 e. The fourth-order valence-electron chi connectivity index (χ4n) is 6.38. The molecule has 1 amide bonds. The summed E-state index contributed by atoms with van der Waals surface area (Å²) in [5.41, 5.74) is 5.36. The molecule has 0 fully saturated rings. The van der Waals surface area contributed by atoms with Crippen molar-refractivity contribution in [2.45, 2.75) is 218 Å². The normalized spacial score (nSPS) is 15.0. The van der Waals surface area contributed by atoms with E-state index in [2.05, 4.69) is 43.5 Å². The maximum absolute atomic E-state index is 12.8. The number of hydrogen-bond donors (Lipinski definition) is 5. The minimum atomic E-state index is -4.41. The average molecular weight is 785 g/mol. The molecule has 0 aromatic heterocycles. The number of allylic oxidation sites excluding steroid dienone is 5. The van der Waals surface area contributed by atoms with Crippen molar-refractivity contribution in [2.24, 2.45) is 5.73 Å². The number of rotatable bonds is 41. The molecule has 0 rings (SSSR count). The molecule has 6 N–H and O–H groups in total. The monoisotopic (exact) mass is 785 g/mol. The molecule has 0 bridgehead atoms. The average Bonchev–Trinajstić information content (AvgIpc) is 3.15. The SMILES string of the molecule is CCCCCCCC/C=C/CC/C=C/CC/C=C/C(O)C(COP(=O)(O)OCCN)NC(=O)CC(O)CCCCCCCCCCCCCCCCCC. The van der Waals surface area contributed by atoms with Gasteiger partial charge in [0.15, 0.2) is 0 Å². The number of hydrogen-bond acceptors (Lipinski definition) is 7. The van der Waals surface area contributed by atoms with Crippen LogP contribution >= 0.6 is 7.82 Å². The number of nitrogens with two attached hydrogens (primary N) is 1. The minimum Gasteiger partial charge on any atom is -0.393 e. The van der Waals surface area contributed by atoms with E-state index in [9.17, 15) is 24.5 Å². The highest BCUT2D eigenvalue weighted by Crippen LogP contribution is 2.43. The van der Waals surface area contributed by atoms with Crippen LogP contribution < -0.4 is 11.1 Å². The summed E-state index contributed by atoms with van der Waals surface area (Å²) in [5.74, 6) is -0.459. The molecule has 318 valence electrons. The van der Waals surface area contributed by atoms with Crippen molar-refractivity contribution in [3.8, 4) is 0 Å². The molecule has 0 aliphatic heterocycles. The molecule has 4 atom stereocenters. The van der Waals surface area contributed by atoms with Crippen LogP contribution in [-0.2, 0) is 18.4 Å². The van der Waals surface area contributed by atoms with Gasteiger partial charge in [0.1, 0.15) is 0 Å². The zero-order chi connectivity index (χ0) is 39.8. The zero-order valence-electron chi connectivity index (χ0n) is 34.8. The van der Waals surface area contributed by atoms with E-state index in [4.69, 9.17) is 14.8 Å². The van der Waals surface area contributed by atoms with Crippen LogP contribution in [0.15, 0.2) is 36.5 Å². The highest BCUT2D eigenvalue weighted by atomic mass is 31.2. The molecule has 54 heavy (non-hydrogen) atoms. The molecule has 0 aliphatic carbocycles. The highest BCUT2D eigenvalue weighted by Gasteiger charge is 2.27. The topological polar surface area (TPSA) is 151 Å². The number of phosphoric acid groups is 1. The lowest BCUT2D eigenvalue weighted by Gasteiger charge is -2.24. The molecule has 0 radical (unpaired) electrons. The van der Waals surface area contributed by atoms with E-state index in [1.165, 1.54) is 122 Å². The Morgan fingerprint density at radius 2 is 1.06 bits per heavy atom. The maximum atomic E-state index is 12.8. The van der Waals surface area contributed by atoms with E-state index in [-0.39, 0.29) is 19.6 Å². The van der Waals surface area contributed by atoms with Crippen LogP contribution in [0.2, 0.25) is 0 Å². The zero-order valence-corrected chi connectivity index (χ0v) is 35.7. The predicted octanol–water partition coefficient (Wildman–Crippen LogP) is 11.3. The lowest BCUT2D eigenvalue weighted by Crippen LogP contribution is -2.46. The van der Waals surface area contributed by atoms with Gasteiger partial charge in [-0.1, -0.05) is 185 Å². The first-order chi connectivity index (χ1) is 26.3. The Balaban J connectivity index is 4.37. The molecule has 9 nitrogen and oxygen atoms in total. The van der Waals surface area contributed by atoms with Crippen molar-refractivity contribution < 1.29 is 33.5 Å². The van der Waals surface area contributed by atoms with Crippen LogP contribution in [0.5, 0.6) is 0 Å². The fraction of sp³-hybridized carbons (Fsp3) is 0.841. The standard InChI is InChI=1S/C44H85N2O7P/c1-3-5-7-9-11-13-15-17-19-21-23-25-27-29-31-33-35-41(47)39-44(49)46-42(40-53-54(50,51)52-38-37-45)43(48)36-34-32-30-28-26-24-22-20-18-16-14-12-10-8-6-4-2/h18,20,26,28,34,36,41-43,47-48H,3-17,19,21-25,27,29-33,35,37-40,45H2,1-2H3,(H,46,49)(H,50,51)/b20-18+,28-26+,36-34+. The summed E-state index contributed by atoms with van der Waals surface area (Å²) in [4.78, 5) is 22.7. The molecule has 0 heterocycles. The second-order valence-electron chi connectivity index (χ2n) is 15.1. The van der Waals surface area contributed by atoms with Crippen molar-refractivity contribution in [1.29, 1.82) is 0 Å². The third-order valence-corrected chi connectivity index (χ3v) is 10.7. The Bertz CT molecular complexity index is 961. The van der Waals surface area contributed by atoms with Gasteiger partial charge >= 0.3 is 7.82 Å². The van der Waals surface area contributed by atoms with Crippen molar-refractivity contribution >= 4 is 13.7 Å². The van der Waals surface area contributed by atoms with Crippen molar-refractivity contribution in [1.82, 2.24) is 5.32 Å². The van der Waals surface area contributed by atoms with Crippen molar-refractivity contribution in [3.63, 3.8) is 0 Å². The molecular weight excluding hydrogens is 699 g/mol. The summed E-state index contributed by atoms with van der Waals surface area (Å²) in [5, 5.41) is 24.0. The first-order valence-corrected chi connectivity index (χ1v) is 23.7. The van der Waals surface area contributed by atoms with Crippen LogP contribution in [0.3, 0.4) is 0 Å². The molecule has 0 saturated carbocycles. The number of aliphatic hydroxyl groups excluding tert-OH is 2. The summed E-state index contributed by atoms with van der Waals surface area (Å²) in [7, 11) is -4.41. The third-order valence-electron chi connectivity index (χ3n) is 9.75. The number of nitrogens with one attached hydrogen (secondary N) is 1. The van der Waals surface area contributed by atoms with Crippen LogP contribution in [0.25, 0.3) is 0 Å². The fourth-order valence-corrected chi connectivity index (χ4v) is 7.14. The highest BCUT2D eigenvalue weighted by molar-refractivity contribution is 7.47. The molecule has 0 spiro atoms. The first kappa shape index (κ1) is 52.7. The van der Waals surface area contributed by atoms with Gasteiger partial charge in [0.05, 0.1) is 37.9 Å². The summed E-state index contributed by atoms with van der Waals surface area (Å²) in [6.45, 7) is 3.94. The summed E-state index contributed by atoms with van der Waals surface area (Å²) in [6, 6.07) is -1.00. The van der Waals surface area contributed by atoms with Crippen molar-refractivity contribution in [3.05, 3.63) is 36.5 Å². The Morgan fingerprint density at radius 1 is 0.630 bits per heavy atom. The number of unbranched alkanes of at least 4 members (excludes halogenated alkanes) is 23. The predicted molar refractivity (Wildman–Crippen MR) is 227 cm³/mol. The van der Waals surface area contributed by atoms with E-state index in [0.29, 0.717) is 12.8 Å². The van der Waals surface area contributed by atoms with Gasteiger partial charge in [0.2, 0.25) is 5.91 Å². The molecule has 0 aromatic rings. The van der Waals surface area contributed by atoms with E-state index in [1.807, 2.05) is 6.08 Å². The van der Waals surface area contributed by atoms with Crippen molar-refractivity contribution in [2.75, 3.05) is 19.8 Å². The number of amides is 1. The van der Waals surface area contributed by atoms with Gasteiger partial charge in [-0.2, -0.15) is 0 Å². The van der Waals surface area contributed by atoms with Crippen LogP contribution in [-0.4, -0.2) is 59.0 Å². The van der Waals surface area contributed by atoms with Crippen LogP contribution in [0.1, 0.15) is 200 Å². The van der Waals surface area contributed by atoms with E-state index >= 15 is 0 Å². The van der Waals surface area contributed by atoms with Gasteiger partial charge in [-0.3, -0.25) is 13.8 Å². The Hall–Kier alpha value is -1.32. The van der Waals surface area contributed by atoms with Crippen LogP contribution in [0.4, 0.5) is 0 Å². The number of aliphatic hydroxyl groups is 2. The second-order valence-corrected chi connectivity index (χ2v) is 16.5. The minimum absolute atomic E-state index is 0.0428. The molecular formula is C44H85N2O7P. The van der Waals surface area contributed by atoms with Gasteiger partial charge < -0.3 is 26.2 Å². The van der Waals surface area contributed by atoms with Gasteiger partial charge in [0.25, 0.3) is 0 Å². The van der Waals surface area contributed by atoms with E-state index < -0.39 is 38.6 Å². The molecule has 0 aromatic carbocycles. The van der Waals surface area contributed by atoms with Gasteiger partial charge in [-0.05, 0) is 44.9 Å². The number of carbonyl (C=O) groups is 1. The van der Waals surface area contributed by atoms with Gasteiger partial charge in [0, 0.05) is 6.54 Å². The third kappa shape index (κ3) is 37.6. The summed E-state index contributed by atoms with van der Waals surface area (Å²) in [6.07, 6.45) is 43.7. The largest absolute Gasteiger partial charge is 0.472 e. The number of carbonyl (C=O) groups excluding carboxylic acids is 1. The summed E-state index contributed by atoms with van der Waals surface area (Å²) >= 11 is 0. The van der Waals surface area contributed by atoms with Gasteiger partial charge in [-0.25, -0.2) is 4.57 Å². The molecule has 0 aliphatic rings. The number of phosphoric ester groups is 1. The second kappa shape index (κ2) is 39.9. The quantitative estimate of drug-likeness (QED) is 0.0233. The van der Waals surface area contributed by atoms with Crippen LogP contribution in [0, 0.1) is 0 Å². The smallest absolute Gasteiger partial charge is 0.393 e. The molecule has 0 saturated heterocycles. The van der Waals surface area contributed by atoms with E-state index in [0.717, 1.165) is 44.9 Å².